The molecule has 4 nitrogen and oxygen atoms in total. The van der Waals surface area contributed by atoms with Crippen LogP contribution in [0.3, 0.4) is 0 Å². The Balaban J connectivity index is 1.27. The number of hydrogen-bond donors (Lipinski definition) is 0. The van der Waals surface area contributed by atoms with Gasteiger partial charge in [0.25, 0.3) is 0 Å². The van der Waals surface area contributed by atoms with Crippen molar-refractivity contribution in [3.8, 4) is 0 Å². The average Bonchev–Trinajstić information content (AvgIpc) is 3.15. The molecule has 2 fully saturated rings. The van der Waals surface area contributed by atoms with Crippen molar-refractivity contribution < 1.29 is 4.74 Å². The molecular weight excluding hydrogens is 298 g/mol. The molecule has 0 aliphatic carbocycles. The number of pyridine rings is 1. The Morgan fingerprint density at radius 2 is 1.75 bits per heavy atom. The van der Waals surface area contributed by atoms with Gasteiger partial charge in [0.15, 0.2) is 0 Å². The van der Waals surface area contributed by atoms with Crippen molar-refractivity contribution in [2.45, 2.75) is 31.8 Å². The van der Waals surface area contributed by atoms with E-state index >= 15 is 0 Å². The fourth-order valence-corrected chi connectivity index (χ4v) is 3.84. The first-order valence-corrected chi connectivity index (χ1v) is 9.33. The molecule has 1 aromatic heterocycles. The van der Waals surface area contributed by atoms with E-state index < -0.39 is 0 Å². The van der Waals surface area contributed by atoms with E-state index in [9.17, 15) is 0 Å². The Labute approximate surface area is 144 Å². The van der Waals surface area contributed by atoms with Crippen LogP contribution in [0.25, 0.3) is 10.9 Å². The third-order valence-corrected chi connectivity index (χ3v) is 5.31. The Hall–Kier alpha value is -1.65. The zero-order valence-electron chi connectivity index (χ0n) is 14.4. The van der Waals surface area contributed by atoms with Crippen LogP contribution in [0.2, 0.25) is 0 Å². The molecule has 1 aromatic carbocycles. The summed E-state index contributed by atoms with van der Waals surface area (Å²) in [6, 6.07) is 12.7. The molecule has 0 N–H and O–H groups in total. The highest BCUT2D eigenvalue weighted by Gasteiger charge is 2.21. The highest BCUT2D eigenvalue weighted by Crippen LogP contribution is 2.22. The van der Waals surface area contributed by atoms with Crippen LogP contribution in [0.4, 0.5) is 5.82 Å². The Morgan fingerprint density at radius 3 is 2.58 bits per heavy atom. The first kappa shape index (κ1) is 15.9. The van der Waals surface area contributed by atoms with Crippen LogP contribution in [0, 0.1) is 0 Å². The number of benzene rings is 1. The maximum atomic E-state index is 6.11. The number of likely N-dealkylation sites (tertiary alicyclic amines) is 1. The van der Waals surface area contributed by atoms with Gasteiger partial charge >= 0.3 is 0 Å². The zero-order valence-corrected chi connectivity index (χ0v) is 14.4. The van der Waals surface area contributed by atoms with Crippen LogP contribution in [-0.4, -0.2) is 55.3 Å². The summed E-state index contributed by atoms with van der Waals surface area (Å²) in [5.41, 5.74) is 1.08. The standard InChI is InChI=1S/C20H27N3O/c1-2-6-19-17(5-1)7-8-20(21-19)23-13-9-18(10-14-23)24-16-15-22-11-3-4-12-22/h1-2,5-8,18H,3-4,9-16H2. The van der Waals surface area contributed by atoms with Crippen molar-refractivity contribution in [3.63, 3.8) is 0 Å². The number of para-hydroxylation sites is 1. The molecule has 4 rings (SSSR count). The molecule has 0 amide bonds. The molecular formula is C20H27N3O. The minimum atomic E-state index is 0.421. The largest absolute Gasteiger partial charge is 0.377 e. The molecule has 3 heterocycles. The Morgan fingerprint density at radius 1 is 0.958 bits per heavy atom. The van der Waals surface area contributed by atoms with E-state index in [1.165, 1.54) is 31.3 Å². The fourth-order valence-electron chi connectivity index (χ4n) is 3.84. The number of hydrogen-bond acceptors (Lipinski definition) is 4. The molecule has 0 unspecified atom stereocenters. The minimum absolute atomic E-state index is 0.421. The van der Waals surface area contributed by atoms with E-state index in [0.717, 1.165) is 50.4 Å². The third-order valence-electron chi connectivity index (χ3n) is 5.31. The summed E-state index contributed by atoms with van der Waals surface area (Å²) in [6.07, 6.45) is 5.35. The van der Waals surface area contributed by atoms with Gasteiger partial charge in [-0.2, -0.15) is 0 Å². The monoisotopic (exact) mass is 325 g/mol. The van der Waals surface area contributed by atoms with Crippen LogP contribution in [0.5, 0.6) is 0 Å². The molecule has 0 radical (unpaired) electrons. The fraction of sp³-hybridized carbons (Fsp3) is 0.550. The summed E-state index contributed by atoms with van der Waals surface area (Å²) >= 11 is 0. The molecule has 0 saturated carbocycles. The van der Waals surface area contributed by atoms with Gasteiger partial charge in [-0.3, -0.25) is 0 Å². The van der Waals surface area contributed by atoms with Crippen LogP contribution < -0.4 is 4.90 Å². The molecule has 0 spiro atoms. The van der Waals surface area contributed by atoms with E-state index in [-0.39, 0.29) is 0 Å². The number of piperidine rings is 1. The molecule has 0 atom stereocenters. The summed E-state index contributed by atoms with van der Waals surface area (Å²) in [5, 5.41) is 1.21. The second-order valence-corrected chi connectivity index (χ2v) is 6.97. The molecule has 4 heteroatoms. The molecule has 2 aliphatic heterocycles. The van der Waals surface area contributed by atoms with Gasteiger partial charge in [0.2, 0.25) is 0 Å². The minimum Gasteiger partial charge on any atom is -0.377 e. The highest BCUT2D eigenvalue weighted by molar-refractivity contribution is 5.80. The number of anilines is 1. The van der Waals surface area contributed by atoms with Gasteiger partial charge in [0, 0.05) is 25.0 Å². The normalized spacial score (nSPS) is 20.1. The smallest absolute Gasteiger partial charge is 0.129 e. The molecule has 128 valence electrons. The maximum absolute atomic E-state index is 6.11. The lowest BCUT2D eigenvalue weighted by atomic mass is 10.1. The highest BCUT2D eigenvalue weighted by atomic mass is 16.5. The van der Waals surface area contributed by atoms with E-state index in [0.29, 0.717) is 6.10 Å². The van der Waals surface area contributed by atoms with Crippen molar-refractivity contribution in [2.24, 2.45) is 0 Å². The van der Waals surface area contributed by atoms with Gasteiger partial charge < -0.3 is 14.5 Å². The van der Waals surface area contributed by atoms with Crippen molar-refractivity contribution in [1.82, 2.24) is 9.88 Å². The van der Waals surface area contributed by atoms with E-state index in [1.54, 1.807) is 0 Å². The topological polar surface area (TPSA) is 28.6 Å². The Bertz CT molecular complexity index is 661. The van der Waals surface area contributed by atoms with Gasteiger partial charge in [-0.15, -0.1) is 0 Å². The van der Waals surface area contributed by atoms with Gasteiger partial charge in [-0.1, -0.05) is 18.2 Å². The number of ether oxygens (including phenoxy) is 1. The van der Waals surface area contributed by atoms with Crippen molar-refractivity contribution in [2.75, 3.05) is 44.2 Å². The van der Waals surface area contributed by atoms with Crippen LogP contribution in [0.1, 0.15) is 25.7 Å². The number of fused-ring (bicyclic) bond motifs is 1. The Kier molecular flexibility index (Phi) is 4.95. The molecule has 2 aromatic rings. The zero-order chi connectivity index (χ0) is 16.2. The second kappa shape index (κ2) is 7.49. The van der Waals surface area contributed by atoms with Gasteiger partial charge in [-0.05, 0) is 57.0 Å². The lowest BCUT2D eigenvalue weighted by molar-refractivity contribution is 0.0265. The first-order chi connectivity index (χ1) is 11.9. The molecule has 2 saturated heterocycles. The number of rotatable bonds is 5. The van der Waals surface area contributed by atoms with E-state index in [4.69, 9.17) is 9.72 Å². The lowest BCUT2D eigenvalue weighted by Crippen LogP contribution is -2.38. The van der Waals surface area contributed by atoms with Crippen molar-refractivity contribution >= 4 is 16.7 Å². The second-order valence-electron chi connectivity index (χ2n) is 6.97. The molecule has 24 heavy (non-hydrogen) atoms. The van der Waals surface area contributed by atoms with E-state index in [2.05, 4.69) is 46.2 Å². The van der Waals surface area contributed by atoms with Crippen LogP contribution in [-0.2, 0) is 4.74 Å². The molecule has 2 aliphatic rings. The summed E-state index contributed by atoms with van der Waals surface area (Å²) in [4.78, 5) is 9.73. The summed E-state index contributed by atoms with van der Waals surface area (Å²) < 4.78 is 6.11. The SMILES string of the molecule is c1ccc2nc(N3CCC(OCCN4CCCC4)CC3)ccc2c1. The van der Waals surface area contributed by atoms with Crippen LogP contribution >= 0.6 is 0 Å². The predicted molar refractivity (Wildman–Crippen MR) is 98.6 cm³/mol. The van der Waals surface area contributed by atoms with Gasteiger partial charge in [0.1, 0.15) is 5.82 Å². The summed E-state index contributed by atoms with van der Waals surface area (Å²) in [7, 11) is 0. The average molecular weight is 325 g/mol. The predicted octanol–water partition coefficient (Wildman–Crippen LogP) is 3.32. The number of aromatic nitrogens is 1. The third kappa shape index (κ3) is 3.70. The lowest BCUT2D eigenvalue weighted by Gasteiger charge is -2.33. The molecule has 0 bridgehead atoms. The van der Waals surface area contributed by atoms with Crippen molar-refractivity contribution in [1.29, 1.82) is 0 Å². The van der Waals surface area contributed by atoms with Crippen LogP contribution in [0.15, 0.2) is 36.4 Å². The maximum Gasteiger partial charge on any atom is 0.129 e. The van der Waals surface area contributed by atoms with Crippen molar-refractivity contribution in [3.05, 3.63) is 36.4 Å². The number of nitrogens with zero attached hydrogens (tertiary/aromatic N) is 3. The van der Waals surface area contributed by atoms with Gasteiger partial charge in [0.05, 0.1) is 18.2 Å². The first-order valence-electron chi connectivity index (χ1n) is 9.33. The quantitative estimate of drug-likeness (QED) is 0.843. The summed E-state index contributed by atoms with van der Waals surface area (Å²) in [6.45, 7) is 6.59. The summed E-state index contributed by atoms with van der Waals surface area (Å²) in [5.74, 6) is 1.10. The van der Waals surface area contributed by atoms with Gasteiger partial charge in [-0.25, -0.2) is 4.98 Å². The van der Waals surface area contributed by atoms with E-state index in [1.807, 2.05) is 0 Å².